The van der Waals surface area contributed by atoms with Gasteiger partial charge in [0, 0.05) is 18.7 Å². The van der Waals surface area contributed by atoms with Gasteiger partial charge in [-0.05, 0) is 37.1 Å². The molecule has 0 bridgehead atoms. The van der Waals surface area contributed by atoms with Crippen molar-refractivity contribution in [1.82, 2.24) is 19.9 Å². The zero-order chi connectivity index (χ0) is 15.5. The minimum atomic E-state index is -0.774. The third-order valence-corrected chi connectivity index (χ3v) is 3.93. The van der Waals surface area contributed by atoms with E-state index in [0.717, 1.165) is 5.69 Å². The van der Waals surface area contributed by atoms with E-state index in [0.29, 0.717) is 31.5 Å². The summed E-state index contributed by atoms with van der Waals surface area (Å²) in [7, 11) is 0. The number of nitrogens with zero attached hydrogens (tertiary/aromatic N) is 4. The van der Waals surface area contributed by atoms with Crippen molar-refractivity contribution in [1.29, 1.82) is 0 Å². The van der Waals surface area contributed by atoms with Crippen molar-refractivity contribution in [2.75, 3.05) is 13.1 Å². The molecule has 22 heavy (non-hydrogen) atoms. The van der Waals surface area contributed by atoms with Crippen LogP contribution in [-0.2, 0) is 4.79 Å². The number of likely N-dealkylation sites (tertiary alicyclic amines) is 1. The fourth-order valence-electron chi connectivity index (χ4n) is 2.61. The van der Waals surface area contributed by atoms with Gasteiger partial charge in [-0.1, -0.05) is 5.21 Å². The lowest BCUT2D eigenvalue weighted by Gasteiger charge is -2.30. The van der Waals surface area contributed by atoms with Crippen molar-refractivity contribution >= 4 is 11.9 Å². The number of benzene rings is 1. The average Bonchev–Trinajstić information content (AvgIpc) is 3.09. The van der Waals surface area contributed by atoms with Crippen LogP contribution in [0.2, 0.25) is 0 Å². The summed E-state index contributed by atoms with van der Waals surface area (Å²) in [4.78, 5) is 25.1. The molecule has 0 spiro atoms. The molecule has 2 aromatic rings. The maximum absolute atomic E-state index is 12.4. The molecule has 0 unspecified atom stereocenters. The Hall–Kier alpha value is -2.70. The standard InChI is InChI=1S/C15H16N4O3/c20-14(18-8-5-12(6-9-18)15(21)22)11-1-3-13(4-2-11)19-10-7-16-17-19/h1-4,7,10,12H,5-6,8-9H2,(H,21,22). The van der Waals surface area contributed by atoms with Gasteiger partial charge in [-0.25, -0.2) is 4.68 Å². The zero-order valence-corrected chi connectivity index (χ0v) is 11.9. The Labute approximate surface area is 127 Å². The van der Waals surface area contributed by atoms with E-state index in [-0.39, 0.29) is 11.8 Å². The van der Waals surface area contributed by atoms with Gasteiger partial charge in [0.1, 0.15) is 0 Å². The molecule has 7 heteroatoms. The first-order valence-electron chi connectivity index (χ1n) is 7.14. The first-order valence-corrected chi connectivity index (χ1v) is 7.14. The van der Waals surface area contributed by atoms with E-state index < -0.39 is 5.97 Å². The van der Waals surface area contributed by atoms with Gasteiger partial charge < -0.3 is 10.0 Å². The van der Waals surface area contributed by atoms with Crippen LogP contribution in [0.1, 0.15) is 23.2 Å². The number of hydrogen-bond donors (Lipinski definition) is 1. The van der Waals surface area contributed by atoms with Crippen LogP contribution in [0.3, 0.4) is 0 Å². The summed E-state index contributed by atoms with van der Waals surface area (Å²) in [5, 5.41) is 16.6. The third-order valence-electron chi connectivity index (χ3n) is 3.93. The van der Waals surface area contributed by atoms with Gasteiger partial charge in [0.2, 0.25) is 0 Å². The summed E-state index contributed by atoms with van der Waals surface area (Å²) in [6.45, 7) is 0.973. The highest BCUT2D eigenvalue weighted by atomic mass is 16.4. The van der Waals surface area contributed by atoms with E-state index in [1.54, 1.807) is 34.1 Å². The minimum Gasteiger partial charge on any atom is -0.481 e. The monoisotopic (exact) mass is 300 g/mol. The molecule has 1 saturated heterocycles. The van der Waals surface area contributed by atoms with Crippen LogP contribution in [0.5, 0.6) is 0 Å². The number of aromatic nitrogens is 3. The lowest BCUT2D eigenvalue weighted by atomic mass is 9.96. The predicted molar refractivity (Wildman–Crippen MR) is 77.6 cm³/mol. The van der Waals surface area contributed by atoms with Gasteiger partial charge in [0.05, 0.1) is 24.0 Å². The maximum atomic E-state index is 12.4. The molecule has 3 rings (SSSR count). The number of carbonyl (C=O) groups excluding carboxylic acids is 1. The summed E-state index contributed by atoms with van der Waals surface area (Å²) < 4.78 is 1.62. The summed E-state index contributed by atoms with van der Waals surface area (Å²) >= 11 is 0. The molecule has 1 amide bonds. The van der Waals surface area contributed by atoms with Crippen LogP contribution >= 0.6 is 0 Å². The number of rotatable bonds is 3. The number of carboxylic acid groups (broad SMARTS) is 1. The molecule has 114 valence electrons. The number of carbonyl (C=O) groups is 2. The maximum Gasteiger partial charge on any atom is 0.306 e. The second-order valence-electron chi connectivity index (χ2n) is 5.30. The number of carboxylic acids is 1. The topological polar surface area (TPSA) is 88.3 Å². The van der Waals surface area contributed by atoms with Gasteiger partial charge >= 0.3 is 5.97 Å². The Morgan fingerprint density at radius 2 is 1.82 bits per heavy atom. The SMILES string of the molecule is O=C(O)C1CCN(C(=O)c2ccc(-n3ccnn3)cc2)CC1. The predicted octanol–water partition coefficient (Wildman–Crippen LogP) is 1.20. The summed E-state index contributed by atoms with van der Waals surface area (Å²) in [5.41, 5.74) is 1.43. The van der Waals surface area contributed by atoms with Crippen molar-refractivity contribution < 1.29 is 14.7 Å². The molecule has 0 aliphatic carbocycles. The van der Waals surface area contributed by atoms with Crippen LogP contribution < -0.4 is 0 Å². The number of piperidine rings is 1. The fraction of sp³-hybridized carbons (Fsp3) is 0.333. The molecule has 1 N–H and O–H groups in total. The second kappa shape index (κ2) is 5.97. The zero-order valence-electron chi connectivity index (χ0n) is 11.9. The van der Waals surface area contributed by atoms with Gasteiger partial charge in [-0.3, -0.25) is 9.59 Å². The molecule has 0 atom stereocenters. The summed E-state index contributed by atoms with van der Waals surface area (Å²) in [6, 6.07) is 7.13. The lowest BCUT2D eigenvalue weighted by molar-refractivity contribution is -0.143. The molecule has 0 saturated carbocycles. The van der Waals surface area contributed by atoms with E-state index in [2.05, 4.69) is 10.3 Å². The largest absolute Gasteiger partial charge is 0.481 e. The van der Waals surface area contributed by atoms with E-state index in [1.165, 1.54) is 0 Å². The first-order chi connectivity index (χ1) is 10.6. The van der Waals surface area contributed by atoms with Crippen LogP contribution in [0.4, 0.5) is 0 Å². The number of hydrogen-bond acceptors (Lipinski definition) is 4. The van der Waals surface area contributed by atoms with Gasteiger partial charge in [0.15, 0.2) is 0 Å². The molecular formula is C15H16N4O3. The summed E-state index contributed by atoms with van der Waals surface area (Å²) in [6.07, 6.45) is 4.34. The van der Waals surface area contributed by atoms with E-state index in [1.807, 2.05) is 12.1 Å². The van der Waals surface area contributed by atoms with Gasteiger partial charge in [0.25, 0.3) is 5.91 Å². The third kappa shape index (κ3) is 2.83. The normalized spacial score (nSPS) is 15.7. The van der Waals surface area contributed by atoms with Crippen LogP contribution in [0.15, 0.2) is 36.7 Å². The minimum absolute atomic E-state index is 0.0611. The Kier molecular flexibility index (Phi) is 3.86. The average molecular weight is 300 g/mol. The Morgan fingerprint density at radius 3 is 2.36 bits per heavy atom. The molecule has 1 aliphatic heterocycles. The molecule has 0 radical (unpaired) electrons. The van der Waals surface area contributed by atoms with Gasteiger partial charge in [-0.15, -0.1) is 5.10 Å². The molecule has 1 aromatic carbocycles. The second-order valence-corrected chi connectivity index (χ2v) is 5.30. The smallest absolute Gasteiger partial charge is 0.306 e. The Morgan fingerprint density at radius 1 is 1.14 bits per heavy atom. The number of aliphatic carboxylic acids is 1. The molecule has 7 nitrogen and oxygen atoms in total. The highest BCUT2D eigenvalue weighted by Gasteiger charge is 2.27. The molecular weight excluding hydrogens is 284 g/mol. The molecule has 1 fully saturated rings. The Balaban J connectivity index is 1.67. The van der Waals surface area contributed by atoms with Crippen molar-refractivity contribution in [2.24, 2.45) is 5.92 Å². The fourth-order valence-corrected chi connectivity index (χ4v) is 2.61. The number of amides is 1. The highest BCUT2D eigenvalue weighted by molar-refractivity contribution is 5.94. The van der Waals surface area contributed by atoms with E-state index in [4.69, 9.17) is 5.11 Å². The summed E-state index contributed by atoms with van der Waals surface area (Å²) in [5.74, 6) is -1.17. The van der Waals surface area contributed by atoms with Crippen LogP contribution in [0, 0.1) is 5.92 Å². The van der Waals surface area contributed by atoms with Gasteiger partial charge in [-0.2, -0.15) is 0 Å². The quantitative estimate of drug-likeness (QED) is 0.920. The van der Waals surface area contributed by atoms with Crippen LogP contribution in [0.25, 0.3) is 5.69 Å². The molecule has 1 aliphatic rings. The highest BCUT2D eigenvalue weighted by Crippen LogP contribution is 2.19. The van der Waals surface area contributed by atoms with Crippen molar-refractivity contribution in [3.63, 3.8) is 0 Å². The molecule has 1 aromatic heterocycles. The van der Waals surface area contributed by atoms with Crippen molar-refractivity contribution in [3.8, 4) is 5.69 Å². The van der Waals surface area contributed by atoms with E-state index >= 15 is 0 Å². The molecule has 2 heterocycles. The van der Waals surface area contributed by atoms with Crippen LogP contribution in [-0.4, -0.2) is 50.0 Å². The Bertz CT molecular complexity index is 659. The first kappa shape index (κ1) is 14.2. The van der Waals surface area contributed by atoms with Crippen molar-refractivity contribution in [2.45, 2.75) is 12.8 Å². The lowest BCUT2D eigenvalue weighted by Crippen LogP contribution is -2.40. The van der Waals surface area contributed by atoms with E-state index in [9.17, 15) is 9.59 Å². The van der Waals surface area contributed by atoms with Crippen molar-refractivity contribution in [3.05, 3.63) is 42.2 Å².